The standard InChI is InChI=1S/C29H23N7O.2C29H27N5O.C25H20N6O/c37-29(32-23-11-13-24(14-12-23)35-18-16-30-20-35)28-33-27(31-19-21-7-3-1-4-8-21)26-25(15-17-36(26)34-28)22-9-5-2-6-10-22;1-20-13-14-24(21(2)17-20)19-31-29(35)28-32-27(30-18-22-9-5-3-6-10-22)26-25(15-16-34(26)33-28)23-11-7-4-8-12-23;1-2-9-21-14-16-24(17-15-21)31-29(35)28-32-27(30-20-22-10-5-3-6-11-22)26-25(18-19-34(26)33-28)23-12-7-4-8-13-23;32-25(28-20-11-14-26-15-12-20)24-29-23(27-17-18-7-3-1-4-8-18)22-21(13-16-31(22)30-24)19-9-5-2-6-10-19/h1-18,20H,19H2,(H,32,37)(H,31,33,34);3-17H,18-19H2,1-2H3,(H,31,35)(H,30,32,33);3-8,10-19H,2,9,20H2,1H3,(H,31,35)(H,30,32,33);1-16H,17H2,(H,26,28,32)(H,27,29,30). The van der Waals surface area contributed by atoms with Crippen molar-refractivity contribution in [3.8, 4) is 50.2 Å². The second-order valence-corrected chi connectivity index (χ2v) is 32.7. The van der Waals surface area contributed by atoms with E-state index in [2.05, 4.69) is 161 Å². The molecule has 0 saturated carbocycles. The van der Waals surface area contributed by atoms with Crippen LogP contribution in [-0.4, -0.2) is 96.6 Å². The van der Waals surface area contributed by atoms with Crippen molar-refractivity contribution < 1.29 is 19.2 Å². The Kier molecular flexibility index (Phi) is 28.6. The molecule has 4 amide bonds. The molecule has 10 aromatic heterocycles. The first-order valence-corrected chi connectivity index (χ1v) is 45.6. The highest BCUT2D eigenvalue weighted by Gasteiger charge is 2.25. The molecule has 10 heterocycles. The van der Waals surface area contributed by atoms with Crippen LogP contribution in [0.3, 0.4) is 0 Å². The molecule has 0 fully saturated rings. The third-order valence-corrected chi connectivity index (χ3v) is 23.0. The summed E-state index contributed by atoms with van der Waals surface area (Å²) in [7, 11) is 0. The van der Waals surface area contributed by atoms with Gasteiger partial charge in [-0.3, -0.25) is 24.2 Å². The molecule has 0 aliphatic heterocycles. The number of pyridine rings is 1. The van der Waals surface area contributed by atoms with Crippen molar-refractivity contribution in [3.63, 3.8) is 0 Å². The molecular weight excluding hydrogens is 1730 g/mol. The molecule has 0 atom stereocenters. The number of carbonyl (C=O) groups excluding carboxylic acids is 4. The number of benzene rings is 11. The molecule has 8 N–H and O–H groups in total. The maximum absolute atomic E-state index is 13.2. The van der Waals surface area contributed by atoms with Crippen LogP contribution in [0.2, 0.25) is 0 Å². The lowest BCUT2D eigenvalue weighted by Gasteiger charge is -2.12. The molecule has 0 bridgehead atoms. The number of imidazole rings is 1. The summed E-state index contributed by atoms with van der Waals surface area (Å²) in [5, 5.41) is 43.4. The number of aryl methyl sites for hydroxylation is 3. The molecule has 0 spiro atoms. The van der Waals surface area contributed by atoms with Crippen LogP contribution in [0.25, 0.3) is 72.3 Å². The highest BCUT2D eigenvalue weighted by Crippen LogP contribution is 2.36. The van der Waals surface area contributed by atoms with Crippen molar-refractivity contribution in [2.24, 2.45) is 0 Å². The Labute approximate surface area is 801 Å². The molecule has 11 aromatic carbocycles. The number of nitrogens with zero attached hydrogens (tertiary/aromatic N) is 15. The van der Waals surface area contributed by atoms with Gasteiger partial charge in [-0.15, -0.1) is 20.4 Å². The highest BCUT2D eigenvalue weighted by atomic mass is 16.2. The van der Waals surface area contributed by atoms with Crippen molar-refractivity contribution in [3.05, 3.63) is 469 Å². The molecule has 0 unspecified atom stereocenters. The summed E-state index contributed by atoms with van der Waals surface area (Å²) in [5.41, 5.74) is 23.5. The Bertz CT molecular complexity index is 7730. The molecule has 684 valence electrons. The fourth-order valence-corrected chi connectivity index (χ4v) is 16.0. The van der Waals surface area contributed by atoms with Gasteiger partial charge in [-0.1, -0.05) is 292 Å². The fraction of sp³-hybridized carbons (Fsp3) is 0.0893. The highest BCUT2D eigenvalue weighted by molar-refractivity contribution is 6.05. The number of nitrogens with one attached hydrogen (secondary N) is 8. The third-order valence-electron chi connectivity index (χ3n) is 23.0. The summed E-state index contributed by atoms with van der Waals surface area (Å²) < 4.78 is 8.75. The van der Waals surface area contributed by atoms with Crippen molar-refractivity contribution in [2.75, 3.05) is 37.2 Å². The second-order valence-electron chi connectivity index (χ2n) is 32.7. The van der Waals surface area contributed by atoms with Gasteiger partial charge >= 0.3 is 0 Å². The molecule has 21 rings (SSSR count). The first-order chi connectivity index (χ1) is 68.3. The Morgan fingerprint density at radius 2 is 0.612 bits per heavy atom. The van der Waals surface area contributed by atoms with E-state index in [9.17, 15) is 19.2 Å². The maximum atomic E-state index is 13.2. The van der Waals surface area contributed by atoms with Gasteiger partial charge in [0.05, 0.1) is 6.33 Å². The van der Waals surface area contributed by atoms with Gasteiger partial charge in [0.25, 0.3) is 23.6 Å². The Morgan fingerprint density at radius 1 is 0.295 bits per heavy atom. The van der Waals surface area contributed by atoms with Crippen molar-refractivity contribution in [2.45, 2.75) is 66.3 Å². The quantitative estimate of drug-likeness (QED) is 0.0226. The third kappa shape index (κ3) is 22.7. The summed E-state index contributed by atoms with van der Waals surface area (Å²) >= 11 is 0. The molecule has 0 aliphatic rings. The Morgan fingerprint density at radius 3 is 0.928 bits per heavy atom. The minimum Gasteiger partial charge on any atom is -0.364 e. The van der Waals surface area contributed by atoms with Gasteiger partial charge < -0.3 is 47.1 Å². The van der Waals surface area contributed by atoms with E-state index in [-0.39, 0.29) is 35.1 Å². The van der Waals surface area contributed by atoms with E-state index in [1.54, 1.807) is 55.1 Å². The molecule has 139 heavy (non-hydrogen) atoms. The zero-order valence-corrected chi connectivity index (χ0v) is 76.4. The second kappa shape index (κ2) is 43.8. The van der Waals surface area contributed by atoms with E-state index >= 15 is 0 Å². The summed E-state index contributed by atoms with van der Waals surface area (Å²) in [5.74, 6) is 1.30. The number of amides is 4. The van der Waals surface area contributed by atoms with Gasteiger partial charge in [0, 0.05) is 127 Å². The van der Waals surface area contributed by atoms with E-state index in [1.165, 1.54) is 11.1 Å². The number of hydrogen-bond acceptors (Lipinski definition) is 18. The van der Waals surface area contributed by atoms with Gasteiger partial charge in [0.15, 0.2) is 23.3 Å². The fourth-order valence-electron chi connectivity index (χ4n) is 16.0. The van der Waals surface area contributed by atoms with Gasteiger partial charge in [-0.2, -0.15) is 0 Å². The minimum absolute atomic E-state index is 0.0666. The van der Waals surface area contributed by atoms with E-state index in [0.29, 0.717) is 67.4 Å². The first-order valence-electron chi connectivity index (χ1n) is 45.6. The zero-order chi connectivity index (χ0) is 95.0. The van der Waals surface area contributed by atoms with Crippen LogP contribution in [0.4, 0.5) is 40.3 Å². The smallest absolute Gasteiger partial charge is 0.295 e. The largest absolute Gasteiger partial charge is 0.364 e. The van der Waals surface area contributed by atoms with E-state index in [1.807, 2.05) is 322 Å². The zero-order valence-electron chi connectivity index (χ0n) is 76.4. The Balaban J connectivity index is 0.000000123. The number of hydrogen-bond donors (Lipinski definition) is 8. The molecular formula is C112H97N23O4. The van der Waals surface area contributed by atoms with E-state index in [4.69, 9.17) is 0 Å². The predicted molar refractivity (Wildman–Crippen MR) is 548 cm³/mol. The van der Waals surface area contributed by atoms with Crippen LogP contribution < -0.4 is 42.5 Å². The van der Waals surface area contributed by atoms with E-state index < -0.39 is 11.8 Å². The summed E-state index contributed by atoms with van der Waals surface area (Å²) in [6.07, 6.45) is 18.1. The number of rotatable bonds is 28. The van der Waals surface area contributed by atoms with Gasteiger partial charge in [0.1, 0.15) is 22.1 Å². The van der Waals surface area contributed by atoms with Crippen LogP contribution in [0.15, 0.2) is 402 Å². The lowest BCUT2D eigenvalue weighted by molar-refractivity contribution is 0.0937. The number of anilines is 7. The SMILES string of the molecule is CCCc1ccc(NC(=O)c2nc(NCc3ccccc3)c3c(-c4ccccc4)ccn3n2)cc1.Cc1ccc(CNC(=O)c2nc(NCc3ccccc3)c3c(-c4ccccc4)ccn3n2)c(C)c1.O=C(Nc1ccc(-n2ccnc2)cc1)c1nc(NCc2ccccc2)c2c(-c3ccccc3)ccn2n1.O=C(Nc1ccncc1)c1nc(NCc2ccccc2)c2c(-c3ccccc3)ccn2n1. The molecule has 27 heteroatoms. The van der Waals surface area contributed by atoms with Crippen LogP contribution in [0.1, 0.15) is 100 Å². The molecule has 0 radical (unpaired) electrons. The first kappa shape index (κ1) is 90.9. The Hall–Kier alpha value is -18.7. The molecule has 21 aromatic rings. The number of fused-ring (bicyclic) bond motifs is 4. The van der Waals surface area contributed by atoms with Gasteiger partial charge in [-0.25, -0.2) is 43.0 Å². The monoisotopic (exact) mass is 1830 g/mol. The number of aromatic nitrogens is 15. The summed E-state index contributed by atoms with van der Waals surface area (Å²) in [6, 6.07) is 114. The van der Waals surface area contributed by atoms with Gasteiger partial charge in [-0.05, 0) is 154 Å². The average Bonchev–Trinajstić information content (AvgIpc) is 1.65. The van der Waals surface area contributed by atoms with Crippen LogP contribution in [0, 0.1) is 13.8 Å². The average molecular weight is 1830 g/mol. The van der Waals surface area contributed by atoms with Crippen molar-refractivity contribution in [1.29, 1.82) is 0 Å². The number of carbonyl (C=O) groups is 4. The molecule has 0 saturated heterocycles. The predicted octanol–water partition coefficient (Wildman–Crippen LogP) is 21.9. The lowest BCUT2D eigenvalue weighted by atomic mass is 10.1. The van der Waals surface area contributed by atoms with Crippen LogP contribution in [-0.2, 0) is 39.1 Å². The molecule has 0 aliphatic carbocycles. The van der Waals surface area contributed by atoms with Crippen LogP contribution in [0.5, 0.6) is 0 Å². The topological polar surface area (TPSA) is 316 Å². The van der Waals surface area contributed by atoms with E-state index in [0.717, 1.165) is 124 Å². The maximum Gasteiger partial charge on any atom is 0.295 e. The van der Waals surface area contributed by atoms with Crippen molar-refractivity contribution in [1.82, 2.24) is 78.2 Å². The molecule has 27 nitrogen and oxygen atoms in total. The van der Waals surface area contributed by atoms with Crippen molar-refractivity contribution >= 4 is 86.0 Å². The van der Waals surface area contributed by atoms with Crippen LogP contribution >= 0.6 is 0 Å². The minimum atomic E-state index is -0.394. The summed E-state index contributed by atoms with van der Waals surface area (Å²) in [4.78, 5) is 78.8. The van der Waals surface area contributed by atoms with Gasteiger partial charge in [0.2, 0.25) is 23.3 Å². The normalized spacial score (nSPS) is 10.9. The lowest BCUT2D eigenvalue weighted by Crippen LogP contribution is -2.26. The summed E-state index contributed by atoms with van der Waals surface area (Å²) in [6.45, 7) is 8.96.